The van der Waals surface area contributed by atoms with E-state index in [1.165, 1.54) is 5.56 Å². The van der Waals surface area contributed by atoms with Crippen molar-refractivity contribution in [3.05, 3.63) is 30.1 Å². The highest BCUT2D eigenvalue weighted by Crippen LogP contribution is 2.12. The van der Waals surface area contributed by atoms with Gasteiger partial charge in [-0.1, -0.05) is 0 Å². The second-order valence-electron chi connectivity index (χ2n) is 6.77. The number of hydrogen-bond acceptors (Lipinski definition) is 4. The van der Waals surface area contributed by atoms with Gasteiger partial charge in [0.15, 0.2) is 0 Å². The van der Waals surface area contributed by atoms with E-state index in [9.17, 15) is 4.79 Å². The Kier molecular flexibility index (Phi) is 5.77. The number of piperazine rings is 1. The molecule has 0 radical (unpaired) electrons. The Labute approximate surface area is 133 Å². The molecule has 0 aromatic carbocycles. The van der Waals surface area contributed by atoms with Crippen LogP contribution in [0.3, 0.4) is 0 Å². The van der Waals surface area contributed by atoms with Gasteiger partial charge in [-0.05, 0) is 57.9 Å². The number of carbonyl (C=O) groups is 1. The van der Waals surface area contributed by atoms with Crippen LogP contribution in [0.2, 0.25) is 0 Å². The second-order valence-corrected chi connectivity index (χ2v) is 6.77. The summed E-state index contributed by atoms with van der Waals surface area (Å²) in [6, 6.07) is 4.14. The molecule has 2 rings (SSSR count). The number of aryl methyl sites for hydroxylation is 1. The van der Waals surface area contributed by atoms with E-state index in [0.717, 1.165) is 45.6 Å². The molecule has 1 aliphatic heterocycles. The van der Waals surface area contributed by atoms with Gasteiger partial charge < -0.3 is 9.64 Å². The first-order chi connectivity index (χ1) is 10.4. The van der Waals surface area contributed by atoms with Gasteiger partial charge in [-0.15, -0.1) is 0 Å². The summed E-state index contributed by atoms with van der Waals surface area (Å²) < 4.78 is 5.41. The van der Waals surface area contributed by atoms with E-state index < -0.39 is 5.60 Å². The van der Waals surface area contributed by atoms with Gasteiger partial charge in [0.25, 0.3) is 0 Å². The third-order valence-corrected chi connectivity index (χ3v) is 3.71. The Bertz CT molecular complexity index is 463. The SMILES string of the molecule is CC(C)(C)OC(=O)N1CCN(CCCc2ccncc2)CC1. The predicted molar refractivity (Wildman–Crippen MR) is 86.8 cm³/mol. The van der Waals surface area contributed by atoms with Crippen LogP contribution in [-0.2, 0) is 11.2 Å². The zero-order valence-electron chi connectivity index (χ0n) is 13.9. The molecule has 1 aliphatic rings. The van der Waals surface area contributed by atoms with Crippen molar-refractivity contribution >= 4 is 6.09 Å². The van der Waals surface area contributed by atoms with Crippen molar-refractivity contribution in [2.45, 2.75) is 39.2 Å². The van der Waals surface area contributed by atoms with Crippen LogP contribution < -0.4 is 0 Å². The lowest BCUT2D eigenvalue weighted by Crippen LogP contribution is -2.50. The van der Waals surface area contributed by atoms with Crippen molar-refractivity contribution in [3.63, 3.8) is 0 Å². The molecule has 2 heterocycles. The molecule has 0 aliphatic carbocycles. The molecule has 0 saturated carbocycles. The fraction of sp³-hybridized carbons (Fsp3) is 0.647. The van der Waals surface area contributed by atoms with Crippen molar-refractivity contribution in [1.82, 2.24) is 14.8 Å². The van der Waals surface area contributed by atoms with E-state index in [1.54, 1.807) is 0 Å². The largest absolute Gasteiger partial charge is 0.444 e. The van der Waals surface area contributed by atoms with Gasteiger partial charge in [0.05, 0.1) is 0 Å². The molecule has 1 saturated heterocycles. The third-order valence-electron chi connectivity index (χ3n) is 3.71. The molecule has 1 amide bonds. The minimum Gasteiger partial charge on any atom is -0.444 e. The average Bonchev–Trinajstić information content (AvgIpc) is 2.47. The highest BCUT2D eigenvalue weighted by molar-refractivity contribution is 5.68. The van der Waals surface area contributed by atoms with Crippen LogP contribution in [0, 0.1) is 0 Å². The van der Waals surface area contributed by atoms with Gasteiger partial charge in [-0.2, -0.15) is 0 Å². The molecule has 122 valence electrons. The molecule has 5 heteroatoms. The normalized spacial score (nSPS) is 16.6. The van der Waals surface area contributed by atoms with E-state index in [2.05, 4.69) is 22.0 Å². The first-order valence-electron chi connectivity index (χ1n) is 8.03. The van der Waals surface area contributed by atoms with Gasteiger partial charge >= 0.3 is 6.09 Å². The number of pyridine rings is 1. The monoisotopic (exact) mass is 305 g/mol. The molecule has 0 atom stereocenters. The fourth-order valence-electron chi connectivity index (χ4n) is 2.54. The fourth-order valence-corrected chi connectivity index (χ4v) is 2.54. The van der Waals surface area contributed by atoms with Crippen LogP contribution in [-0.4, -0.2) is 59.2 Å². The lowest BCUT2D eigenvalue weighted by atomic mass is 10.1. The molecular formula is C17H27N3O2. The first kappa shape index (κ1) is 16.7. The summed E-state index contributed by atoms with van der Waals surface area (Å²) >= 11 is 0. The summed E-state index contributed by atoms with van der Waals surface area (Å²) in [5.41, 5.74) is 0.918. The van der Waals surface area contributed by atoms with Crippen LogP contribution in [0.15, 0.2) is 24.5 Å². The van der Waals surface area contributed by atoms with Crippen LogP contribution in [0.5, 0.6) is 0 Å². The minimum atomic E-state index is -0.418. The molecule has 1 fully saturated rings. The Balaban J connectivity index is 1.66. The Morgan fingerprint density at radius 2 is 1.82 bits per heavy atom. The molecule has 1 aromatic heterocycles. The van der Waals surface area contributed by atoms with Crippen LogP contribution in [0.25, 0.3) is 0 Å². The van der Waals surface area contributed by atoms with Crippen molar-refractivity contribution < 1.29 is 9.53 Å². The zero-order chi connectivity index (χ0) is 16.0. The van der Waals surface area contributed by atoms with E-state index in [0.29, 0.717) is 0 Å². The predicted octanol–water partition coefficient (Wildman–Crippen LogP) is 2.57. The van der Waals surface area contributed by atoms with E-state index in [-0.39, 0.29) is 6.09 Å². The van der Waals surface area contributed by atoms with Crippen molar-refractivity contribution in [1.29, 1.82) is 0 Å². The van der Waals surface area contributed by atoms with Crippen LogP contribution >= 0.6 is 0 Å². The number of hydrogen-bond donors (Lipinski definition) is 0. The Morgan fingerprint density at radius 3 is 2.41 bits per heavy atom. The maximum Gasteiger partial charge on any atom is 0.410 e. The van der Waals surface area contributed by atoms with Crippen molar-refractivity contribution in [2.75, 3.05) is 32.7 Å². The molecule has 5 nitrogen and oxygen atoms in total. The maximum absolute atomic E-state index is 12.0. The van der Waals surface area contributed by atoms with Crippen LogP contribution in [0.4, 0.5) is 4.79 Å². The zero-order valence-corrected chi connectivity index (χ0v) is 13.9. The highest BCUT2D eigenvalue weighted by atomic mass is 16.6. The Morgan fingerprint density at radius 1 is 1.18 bits per heavy atom. The average molecular weight is 305 g/mol. The van der Waals surface area contributed by atoms with Gasteiger partial charge in [0.1, 0.15) is 5.60 Å². The summed E-state index contributed by atoms with van der Waals surface area (Å²) in [7, 11) is 0. The standard InChI is InChI=1S/C17H27N3O2/c1-17(2,3)22-16(21)20-13-11-19(12-14-20)10-4-5-15-6-8-18-9-7-15/h6-9H,4-5,10-14H2,1-3H3. The first-order valence-corrected chi connectivity index (χ1v) is 8.03. The summed E-state index contributed by atoms with van der Waals surface area (Å²) in [6.07, 6.45) is 5.71. The summed E-state index contributed by atoms with van der Waals surface area (Å²) in [4.78, 5) is 20.3. The maximum atomic E-state index is 12.0. The summed E-state index contributed by atoms with van der Waals surface area (Å²) in [5, 5.41) is 0. The summed E-state index contributed by atoms with van der Waals surface area (Å²) in [6.45, 7) is 10.1. The van der Waals surface area contributed by atoms with E-state index >= 15 is 0 Å². The van der Waals surface area contributed by atoms with Gasteiger partial charge in [-0.25, -0.2) is 4.79 Å². The minimum absolute atomic E-state index is 0.191. The number of rotatable bonds is 4. The third kappa shape index (κ3) is 5.64. The molecule has 22 heavy (non-hydrogen) atoms. The van der Waals surface area contributed by atoms with E-state index in [4.69, 9.17) is 4.74 Å². The molecule has 0 bridgehead atoms. The van der Waals surface area contributed by atoms with Gasteiger partial charge in [0, 0.05) is 38.6 Å². The molecule has 0 N–H and O–H groups in total. The summed E-state index contributed by atoms with van der Waals surface area (Å²) in [5.74, 6) is 0. The quantitative estimate of drug-likeness (QED) is 0.857. The lowest BCUT2D eigenvalue weighted by Gasteiger charge is -2.35. The second kappa shape index (κ2) is 7.58. The highest BCUT2D eigenvalue weighted by Gasteiger charge is 2.25. The number of amides is 1. The smallest absolute Gasteiger partial charge is 0.410 e. The topological polar surface area (TPSA) is 45.7 Å². The number of carbonyl (C=O) groups excluding carboxylic acids is 1. The van der Waals surface area contributed by atoms with Gasteiger partial charge in [0.2, 0.25) is 0 Å². The number of ether oxygens (including phenoxy) is 1. The van der Waals surface area contributed by atoms with Crippen molar-refractivity contribution in [2.24, 2.45) is 0 Å². The number of nitrogens with zero attached hydrogens (tertiary/aromatic N) is 3. The Hall–Kier alpha value is -1.62. The van der Waals surface area contributed by atoms with E-state index in [1.807, 2.05) is 38.1 Å². The lowest BCUT2D eigenvalue weighted by molar-refractivity contribution is 0.0145. The van der Waals surface area contributed by atoms with Crippen molar-refractivity contribution in [3.8, 4) is 0 Å². The molecule has 0 spiro atoms. The number of aromatic nitrogens is 1. The molecule has 0 unspecified atom stereocenters. The molecule has 1 aromatic rings. The van der Waals surface area contributed by atoms with Gasteiger partial charge in [-0.3, -0.25) is 9.88 Å². The molecular weight excluding hydrogens is 278 g/mol. The van der Waals surface area contributed by atoms with Crippen LogP contribution in [0.1, 0.15) is 32.8 Å².